The third-order valence-corrected chi connectivity index (χ3v) is 4.66. The van der Waals surface area contributed by atoms with E-state index < -0.39 is 0 Å². The summed E-state index contributed by atoms with van der Waals surface area (Å²) in [6, 6.07) is 7.48. The molecule has 6 heteroatoms. The van der Waals surface area contributed by atoms with Gasteiger partial charge in [0.2, 0.25) is 0 Å². The number of aromatic nitrogens is 1. The molecular weight excluding hydrogens is 296 g/mol. The zero-order chi connectivity index (χ0) is 15.2. The molecule has 0 radical (unpaired) electrons. The molecule has 1 saturated heterocycles. The number of carbonyl (C=O) groups excluding carboxylic acids is 1. The van der Waals surface area contributed by atoms with Gasteiger partial charge in [-0.15, -0.1) is 11.3 Å². The highest BCUT2D eigenvalue weighted by atomic mass is 32.1. The van der Waals surface area contributed by atoms with Crippen molar-refractivity contribution in [3.63, 3.8) is 0 Å². The Labute approximate surface area is 133 Å². The molecular formula is C16H18N4OS. The van der Waals surface area contributed by atoms with Crippen LogP contribution in [0, 0.1) is 0 Å². The smallest absolute Gasteiger partial charge is 0.271 e. The first kappa shape index (κ1) is 14.7. The summed E-state index contributed by atoms with van der Waals surface area (Å²) in [4.78, 5) is 19.2. The van der Waals surface area contributed by atoms with E-state index in [1.54, 1.807) is 42.1 Å². The summed E-state index contributed by atoms with van der Waals surface area (Å²) in [5.74, 6) is -0.230. The highest BCUT2D eigenvalue weighted by Crippen LogP contribution is 2.27. The normalized spacial score (nSPS) is 15.2. The predicted molar refractivity (Wildman–Crippen MR) is 89.7 cm³/mol. The summed E-state index contributed by atoms with van der Waals surface area (Å²) < 4.78 is 0. The summed E-state index contributed by atoms with van der Waals surface area (Å²) in [6.45, 7) is 2.27. The molecule has 1 aliphatic rings. The maximum Gasteiger partial charge on any atom is 0.271 e. The molecule has 2 aromatic heterocycles. The minimum Gasteiger partial charge on any atom is -0.363 e. The summed E-state index contributed by atoms with van der Waals surface area (Å²) in [6.07, 6.45) is 8.73. The molecule has 2 aromatic rings. The van der Waals surface area contributed by atoms with Crippen LogP contribution >= 0.6 is 11.3 Å². The molecule has 1 aliphatic heterocycles. The van der Waals surface area contributed by atoms with Gasteiger partial charge in [0, 0.05) is 35.9 Å². The van der Waals surface area contributed by atoms with Gasteiger partial charge in [-0.1, -0.05) is 0 Å². The van der Waals surface area contributed by atoms with Gasteiger partial charge in [-0.2, -0.15) is 5.10 Å². The number of rotatable bonds is 4. The Balaban J connectivity index is 1.57. The lowest BCUT2D eigenvalue weighted by Crippen LogP contribution is -2.28. The number of amides is 1. The fourth-order valence-electron chi connectivity index (χ4n) is 2.42. The molecule has 3 heterocycles. The van der Waals surface area contributed by atoms with Crippen molar-refractivity contribution in [1.82, 2.24) is 10.4 Å². The van der Waals surface area contributed by atoms with Gasteiger partial charge in [0.25, 0.3) is 5.91 Å². The maximum absolute atomic E-state index is 11.8. The van der Waals surface area contributed by atoms with Gasteiger partial charge in [-0.05, 0) is 43.5 Å². The fourth-order valence-corrected chi connectivity index (χ4v) is 3.35. The average molecular weight is 314 g/mol. The van der Waals surface area contributed by atoms with Crippen molar-refractivity contribution < 1.29 is 4.79 Å². The quantitative estimate of drug-likeness (QED) is 0.697. The molecule has 0 atom stereocenters. The van der Waals surface area contributed by atoms with Crippen LogP contribution in [0.5, 0.6) is 0 Å². The molecule has 1 amide bonds. The van der Waals surface area contributed by atoms with Crippen molar-refractivity contribution in [3.05, 3.63) is 47.1 Å². The van der Waals surface area contributed by atoms with Crippen LogP contribution in [0.15, 0.2) is 41.8 Å². The molecule has 0 spiro atoms. The van der Waals surface area contributed by atoms with Crippen molar-refractivity contribution in [2.75, 3.05) is 18.0 Å². The number of carbonyl (C=O) groups is 1. The zero-order valence-electron chi connectivity index (χ0n) is 12.2. The van der Waals surface area contributed by atoms with Crippen molar-refractivity contribution in [2.24, 2.45) is 5.10 Å². The van der Waals surface area contributed by atoms with Gasteiger partial charge in [-0.3, -0.25) is 9.78 Å². The number of hydrogen-bond acceptors (Lipinski definition) is 5. The Kier molecular flexibility index (Phi) is 4.80. The van der Waals surface area contributed by atoms with Crippen molar-refractivity contribution in [2.45, 2.75) is 19.3 Å². The molecule has 3 rings (SSSR count). The Bertz CT molecular complexity index is 647. The molecule has 22 heavy (non-hydrogen) atoms. The van der Waals surface area contributed by atoms with Crippen LogP contribution in [0.25, 0.3) is 0 Å². The highest BCUT2D eigenvalue weighted by molar-refractivity contribution is 7.17. The second-order valence-corrected chi connectivity index (χ2v) is 6.25. The van der Waals surface area contributed by atoms with Gasteiger partial charge in [0.15, 0.2) is 0 Å². The number of hydrazone groups is 1. The number of piperidine rings is 1. The van der Waals surface area contributed by atoms with E-state index in [0.717, 1.165) is 18.0 Å². The average Bonchev–Trinajstić information content (AvgIpc) is 3.05. The Morgan fingerprint density at radius 2 is 1.95 bits per heavy atom. The van der Waals surface area contributed by atoms with E-state index in [4.69, 9.17) is 0 Å². The van der Waals surface area contributed by atoms with E-state index in [1.165, 1.54) is 24.3 Å². The standard InChI is InChI=1S/C16H18N4OS/c21-16(13-6-8-17-9-7-13)19-18-12-14-4-5-15(22-14)20-10-2-1-3-11-20/h4-9,12H,1-3,10-11H2,(H,19,21)/b18-12+. The third-order valence-electron chi connectivity index (χ3n) is 3.58. The summed E-state index contributed by atoms with van der Waals surface area (Å²) >= 11 is 1.70. The first-order chi connectivity index (χ1) is 10.8. The molecule has 0 bridgehead atoms. The topological polar surface area (TPSA) is 57.6 Å². The Hall–Kier alpha value is -2.21. The first-order valence-corrected chi connectivity index (χ1v) is 8.23. The number of pyridine rings is 1. The molecule has 0 saturated carbocycles. The highest BCUT2D eigenvalue weighted by Gasteiger charge is 2.12. The van der Waals surface area contributed by atoms with E-state index in [0.29, 0.717) is 5.56 Å². The van der Waals surface area contributed by atoms with Crippen LogP contribution in [-0.2, 0) is 0 Å². The van der Waals surface area contributed by atoms with Crippen molar-refractivity contribution in [3.8, 4) is 0 Å². The van der Waals surface area contributed by atoms with Gasteiger partial charge in [0.1, 0.15) is 0 Å². The van der Waals surface area contributed by atoms with Crippen molar-refractivity contribution >= 4 is 28.5 Å². The monoisotopic (exact) mass is 314 g/mol. The van der Waals surface area contributed by atoms with Gasteiger partial charge < -0.3 is 4.90 Å². The molecule has 5 nitrogen and oxygen atoms in total. The zero-order valence-corrected chi connectivity index (χ0v) is 13.1. The van der Waals surface area contributed by atoms with Crippen LogP contribution in [0.4, 0.5) is 5.00 Å². The first-order valence-electron chi connectivity index (χ1n) is 7.41. The number of nitrogens with one attached hydrogen (secondary N) is 1. The van der Waals surface area contributed by atoms with Crippen LogP contribution in [0.3, 0.4) is 0 Å². The minimum absolute atomic E-state index is 0.230. The van der Waals surface area contributed by atoms with Crippen LogP contribution in [0.2, 0.25) is 0 Å². The fraction of sp³-hybridized carbons (Fsp3) is 0.312. The Morgan fingerprint density at radius 1 is 1.18 bits per heavy atom. The Morgan fingerprint density at radius 3 is 2.73 bits per heavy atom. The van der Waals surface area contributed by atoms with Crippen LogP contribution < -0.4 is 10.3 Å². The van der Waals surface area contributed by atoms with E-state index in [9.17, 15) is 4.79 Å². The lowest BCUT2D eigenvalue weighted by atomic mass is 10.1. The molecule has 1 N–H and O–H groups in total. The summed E-state index contributed by atoms with van der Waals surface area (Å²) in [5, 5.41) is 5.30. The van der Waals surface area contributed by atoms with Gasteiger partial charge in [0.05, 0.1) is 11.2 Å². The molecule has 1 fully saturated rings. The van der Waals surface area contributed by atoms with E-state index >= 15 is 0 Å². The lowest BCUT2D eigenvalue weighted by molar-refractivity contribution is 0.0955. The van der Waals surface area contributed by atoms with Crippen LogP contribution in [0.1, 0.15) is 34.5 Å². The predicted octanol–water partition coefficient (Wildman–Crippen LogP) is 2.90. The van der Waals surface area contributed by atoms with Gasteiger partial charge in [-0.25, -0.2) is 5.43 Å². The van der Waals surface area contributed by atoms with Crippen LogP contribution in [-0.4, -0.2) is 30.2 Å². The molecule has 0 aliphatic carbocycles. The molecule has 0 aromatic carbocycles. The molecule has 0 unspecified atom stereocenters. The number of thiophene rings is 1. The van der Waals surface area contributed by atoms with Gasteiger partial charge >= 0.3 is 0 Å². The third kappa shape index (κ3) is 3.71. The molecule has 114 valence electrons. The second kappa shape index (κ2) is 7.17. The largest absolute Gasteiger partial charge is 0.363 e. The minimum atomic E-state index is -0.230. The number of hydrogen-bond donors (Lipinski definition) is 1. The lowest BCUT2D eigenvalue weighted by Gasteiger charge is -2.27. The number of anilines is 1. The van der Waals surface area contributed by atoms with E-state index in [2.05, 4.69) is 26.5 Å². The maximum atomic E-state index is 11.8. The van der Waals surface area contributed by atoms with E-state index in [-0.39, 0.29) is 5.91 Å². The van der Waals surface area contributed by atoms with Crippen molar-refractivity contribution in [1.29, 1.82) is 0 Å². The SMILES string of the molecule is O=C(N/N=C/c1ccc(N2CCCCC2)s1)c1ccncc1. The van der Waals surface area contributed by atoms with E-state index in [1.807, 2.05) is 6.07 Å². The second-order valence-electron chi connectivity index (χ2n) is 5.16. The summed E-state index contributed by atoms with van der Waals surface area (Å²) in [7, 11) is 0. The summed E-state index contributed by atoms with van der Waals surface area (Å²) in [5.41, 5.74) is 3.08. The number of nitrogens with zero attached hydrogens (tertiary/aromatic N) is 3.